The summed E-state index contributed by atoms with van der Waals surface area (Å²) in [6.45, 7) is 1.97. The fourth-order valence-electron chi connectivity index (χ4n) is 1.90. The van der Waals surface area contributed by atoms with Crippen LogP contribution in [0.5, 0.6) is 5.75 Å². The van der Waals surface area contributed by atoms with Crippen molar-refractivity contribution < 1.29 is 9.53 Å². The van der Waals surface area contributed by atoms with Gasteiger partial charge in [-0.25, -0.2) is 0 Å². The minimum absolute atomic E-state index is 0.0868. The third-order valence-corrected chi connectivity index (χ3v) is 3.16. The van der Waals surface area contributed by atoms with Gasteiger partial charge in [0.05, 0.1) is 19.2 Å². The minimum atomic E-state index is -0.0868. The maximum atomic E-state index is 12.0. The summed E-state index contributed by atoms with van der Waals surface area (Å²) in [6.07, 6.45) is 0.300. The Labute approximate surface area is 123 Å². The van der Waals surface area contributed by atoms with E-state index in [-0.39, 0.29) is 5.91 Å². The van der Waals surface area contributed by atoms with Gasteiger partial charge in [0.25, 0.3) is 0 Å². The molecule has 0 heterocycles. The first-order valence-electron chi connectivity index (χ1n) is 6.27. The molecule has 0 unspecified atom stereocenters. The van der Waals surface area contributed by atoms with Crippen LogP contribution in [0.2, 0.25) is 5.02 Å². The molecule has 2 aromatic carbocycles. The zero-order valence-corrected chi connectivity index (χ0v) is 12.2. The van der Waals surface area contributed by atoms with E-state index in [9.17, 15) is 4.79 Å². The summed E-state index contributed by atoms with van der Waals surface area (Å²) in [5, 5.41) is 3.53. The van der Waals surface area contributed by atoms with Crippen molar-refractivity contribution in [3.8, 4) is 5.75 Å². The van der Waals surface area contributed by atoms with Crippen LogP contribution in [0, 0.1) is 6.92 Å². The van der Waals surface area contributed by atoms with E-state index in [4.69, 9.17) is 16.3 Å². The fraction of sp³-hybridized carbons (Fsp3) is 0.188. The van der Waals surface area contributed by atoms with Gasteiger partial charge in [0, 0.05) is 5.02 Å². The number of rotatable bonds is 4. The molecule has 4 heteroatoms. The Bertz CT molecular complexity index is 608. The second kappa shape index (κ2) is 6.44. The summed E-state index contributed by atoms with van der Waals surface area (Å²) in [5.41, 5.74) is 2.66. The molecule has 0 aromatic heterocycles. The zero-order chi connectivity index (χ0) is 14.5. The maximum Gasteiger partial charge on any atom is 0.228 e. The van der Waals surface area contributed by atoms with Gasteiger partial charge in [-0.2, -0.15) is 0 Å². The van der Waals surface area contributed by atoms with Crippen LogP contribution in [0.1, 0.15) is 11.1 Å². The van der Waals surface area contributed by atoms with Crippen LogP contribution in [-0.2, 0) is 11.2 Å². The van der Waals surface area contributed by atoms with E-state index >= 15 is 0 Å². The number of methoxy groups -OCH3 is 1. The average molecular weight is 290 g/mol. The van der Waals surface area contributed by atoms with E-state index < -0.39 is 0 Å². The molecule has 1 N–H and O–H groups in total. The smallest absolute Gasteiger partial charge is 0.228 e. The molecule has 0 aliphatic carbocycles. The second-order valence-corrected chi connectivity index (χ2v) is 4.99. The lowest BCUT2D eigenvalue weighted by atomic mass is 10.1. The summed E-state index contributed by atoms with van der Waals surface area (Å²) < 4.78 is 5.23. The third kappa shape index (κ3) is 3.75. The first-order valence-corrected chi connectivity index (χ1v) is 6.65. The lowest BCUT2D eigenvalue weighted by Crippen LogP contribution is -2.15. The molecule has 104 valence electrons. The molecule has 0 spiro atoms. The Morgan fingerprint density at radius 3 is 2.55 bits per heavy atom. The van der Waals surface area contributed by atoms with Crippen molar-refractivity contribution in [2.24, 2.45) is 0 Å². The lowest BCUT2D eigenvalue weighted by molar-refractivity contribution is -0.115. The van der Waals surface area contributed by atoms with Crippen molar-refractivity contribution in [2.75, 3.05) is 12.4 Å². The Hall–Kier alpha value is -2.00. The molecule has 3 nitrogen and oxygen atoms in total. The third-order valence-electron chi connectivity index (χ3n) is 2.91. The fourth-order valence-corrected chi connectivity index (χ4v) is 2.03. The first-order chi connectivity index (χ1) is 9.58. The molecule has 0 atom stereocenters. The molecule has 2 aromatic rings. The number of hydrogen-bond donors (Lipinski definition) is 1. The Kier molecular flexibility index (Phi) is 4.64. The number of halogens is 1. The number of benzene rings is 2. The summed E-state index contributed by atoms with van der Waals surface area (Å²) >= 11 is 5.82. The van der Waals surface area contributed by atoms with Crippen LogP contribution >= 0.6 is 11.6 Å². The second-order valence-electron chi connectivity index (χ2n) is 4.56. The first kappa shape index (κ1) is 14.4. The van der Waals surface area contributed by atoms with Crippen molar-refractivity contribution in [2.45, 2.75) is 13.3 Å². The van der Waals surface area contributed by atoms with Crippen molar-refractivity contribution in [1.29, 1.82) is 0 Å². The van der Waals surface area contributed by atoms with Gasteiger partial charge >= 0.3 is 0 Å². The molecule has 0 saturated carbocycles. The highest BCUT2D eigenvalue weighted by Gasteiger charge is 2.08. The lowest BCUT2D eigenvalue weighted by Gasteiger charge is -2.11. The molecule has 0 saturated heterocycles. The van der Waals surface area contributed by atoms with Gasteiger partial charge in [-0.05, 0) is 42.3 Å². The molecule has 0 bridgehead atoms. The minimum Gasteiger partial charge on any atom is -0.495 e. The van der Waals surface area contributed by atoms with Gasteiger partial charge in [0.1, 0.15) is 5.75 Å². The van der Waals surface area contributed by atoms with Gasteiger partial charge in [-0.1, -0.05) is 29.8 Å². The molecule has 0 aliphatic heterocycles. The van der Waals surface area contributed by atoms with Crippen LogP contribution in [0.4, 0.5) is 5.69 Å². The van der Waals surface area contributed by atoms with Gasteiger partial charge in [0.2, 0.25) is 5.91 Å². The molecule has 0 aliphatic rings. The van der Waals surface area contributed by atoms with Crippen molar-refractivity contribution >= 4 is 23.2 Å². The zero-order valence-electron chi connectivity index (χ0n) is 11.4. The van der Waals surface area contributed by atoms with E-state index in [2.05, 4.69) is 5.32 Å². The van der Waals surface area contributed by atoms with Crippen LogP contribution in [0.3, 0.4) is 0 Å². The van der Waals surface area contributed by atoms with Crippen LogP contribution in [-0.4, -0.2) is 13.0 Å². The van der Waals surface area contributed by atoms with E-state index in [0.717, 1.165) is 11.1 Å². The quantitative estimate of drug-likeness (QED) is 0.929. The standard InChI is InChI=1S/C16H16ClNO2/c1-11-3-8-15(20-2)14(9-11)18-16(19)10-12-4-6-13(17)7-5-12/h3-9H,10H2,1-2H3,(H,18,19). The highest BCUT2D eigenvalue weighted by atomic mass is 35.5. The van der Waals surface area contributed by atoms with Crippen molar-refractivity contribution in [1.82, 2.24) is 0 Å². The molecule has 1 amide bonds. The predicted molar refractivity (Wildman–Crippen MR) is 81.5 cm³/mol. The molecule has 0 fully saturated rings. The van der Waals surface area contributed by atoms with Crippen LogP contribution < -0.4 is 10.1 Å². The number of aryl methyl sites for hydroxylation is 1. The number of nitrogens with one attached hydrogen (secondary N) is 1. The monoisotopic (exact) mass is 289 g/mol. The van der Waals surface area contributed by atoms with Crippen LogP contribution in [0.15, 0.2) is 42.5 Å². The Morgan fingerprint density at radius 2 is 1.90 bits per heavy atom. The van der Waals surface area contributed by atoms with Gasteiger partial charge in [0.15, 0.2) is 0 Å². The van der Waals surface area contributed by atoms with Crippen molar-refractivity contribution in [3.05, 3.63) is 58.6 Å². The average Bonchev–Trinajstić information content (AvgIpc) is 2.41. The van der Waals surface area contributed by atoms with E-state index in [1.165, 1.54) is 0 Å². The van der Waals surface area contributed by atoms with Gasteiger partial charge in [-0.3, -0.25) is 4.79 Å². The molecular formula is C16H16ClNO2. The van der Waals surface area contributed by atoms with Gasteiger partial charge in [-0.15, -0.1) is 0 Å². The number of carbonyl (C=O) groups excluding carboxylic acids is 1. The molecule has 20 heavy (non-hydrogen) atoms. The summed E-state index contributed by atoms with van der Waals surface area (Å²) in [5.74, 6) is 0.566. The van der Waals surface area contributed by atoms with Gasteiger partial charge < -0.3 is 10.1 Å². The highest BCUT2D eigenvalue weighted by molar-refractivity contribution is 6.30. The normalized spacial score (nSPS) is 10.2. The largest absolute Gasteiger partial charge is 0.495 e. The number of ether oxygens (including phenoxy) is 1. The molecular weight excluding hydrogens is 274 g/mol. The number of carbonyl (C=O) groups is 1. The van der Waals surface area contributed by atoms with E-state index in [0.29, 0.717) is 22.9 Å². The summed E-state index contributed by atoms with van der Waals surface area (Å²) in [7, 11) is 1.58. The molecule has 2 rings (SSSR count). The summed E-state index contributed by atoms with van der Waals surface area (Å²) in [6, 6.07) is 12.9. The Balaban J connectivity index is 2.08. The number of hydrogen-bond acceptors (Lipinski definition) is 2. The van der Waals surface area contributed by atoms with E-state index in [1.807, 2.05) is 37.3 Å². The van der Waals surface area contributed by atoms with Crippen LogP contribution in [0.25, 0.3) is 0 Å². The maximum absolute atomic E-state index is 12.0. The number of anilines is 1. The number of amides is 1. The summed E-state index contributed by atoms with van der Waals surface area (Å²) in [4.78, 5) is 12.0. The SMILES string of the molecule is COc1ccc(C)cc1NC(=O)Cc1ccc(Cl)cc1. The van der Waals surface area contributed by atoms with Crippen molar-refractivity contribution in [3.63, 3.8) is 0 Å². The highest BCUT2D eigenvalue weighted by Crippen LogP contribution is 2.25. The predicted octanol–water partition coefficient (Wildman–Crippen LogP) is 3.84. The van der Waals surface area contributed by atoms with E-state index in [1.54, 1.807) is 19.2 Å². The topological polar surface area (TPSA) is 38.3 Å². The Morgan fingerprint density at radius 1 is 1.20 bits per heavy atom. The molecule has 0 radical (unpaired) electrons.